The number of ether oxygens (including phenoxy) is 1. The number of anilines is 1. The smallest absolute Gasteiger partial charge is 0.229 e. The van der Waals surface area contributed by atoms with Gasteiger partial charge >= 0.3 is 0 Å². The number of hydrogen-bond acceptors (Lipinski definition) is 5. The van der Waals surface area contributed by atoms with Crippen LogP contribution in [-0.2, 0) is 16.4 Å². The van der Waals surface area contributed by atoms with Crippen molar-refractivity contribution in [2.24, 2.45) is 0 Å². The molecule has 6 nitrogen and oxygen atoms in total. The first-order valence-corrected chi connectivity index (χ1v) is 11.2. The van der Waals surface area contributed by atoms with E-state index in [2.05, 4.69) is 22.2 Å². The number of fused-ring (bicyclic) bond motifs is 1. The summed E-state index contributed by atoms with van der Waals surface area (Å²) < 4.78 is 31.9. The third-order valence-corrected chi connectivity index (χ3v) is 5.67. The molecule has 0 spiro atoms. The molecule has 2 aromatic carbocycles. The molecule has 2 atom stereocenters. The van der Waals surface area contributed by atoms with Gasteiger partial charge in [0.2, 0.25) is 10.0 Å². The van der Waals surface area contributed by atoms with Gasteiger partial charge in [0, 0.05) is 11.1 Å². The van der Waals surface area contributed by atoms with Crippen LogP contribution in [-0.4, -0.2) is 38.0 Å². The summed E-state index contributed by atoms with van der Waals surface area (Å²) in [5.41, 5.74) is 2.43. The molecule has 2 aromatic rings. The highest BCUT2D eigenvalue weighted by atomic mass is 32.2. The van der Waals surface area contributed by atoms with Crippen molar-refractivity contribution in [3.63, 3.8) is 0 Å². The zero-order valence-electron chi connectivity index (χ0n) is 16.7. The Bertz CT molecular complexity index is 942. The molecule has 0 saturated heterocycles. The van der Waals surface area contributed by atoms with Crippen LogP contribution in [0.2, 0.25) is 0 Å². The van der Waals surface area contributed by atoms with Gasteiger partial charge in [-0.25, -0.2) is 8.42 Å². The summed E-state index contributed by atoms with van der Waals surface area (Å²) in [6.07, 6.45) is 1.21. The number of benzene rings is 2. The van der Waals surface area contributed by atoms with E-state index in [-0.39, 0.29) is 6.04 Å². The van der Waals surface area contributed by atoms with E-state index in [4.69, 9.17) is 4.74 Å². The van der Waals surface area contributed by atoms with Crippen LogP contribution in [0.15, 0.2) is 42.5 Å². The Hall–Kier alpha value is -2.09. The Morgan fingerprint density at radius 2 is 1.82 bits per heavy atom. The number of aliphatic hydroxyl groups excluding tert-OH is 1. The van der Waals surface area contributed by atoms with E-state index in [1.165, 1.54) is 5.56 Å². The summed E-state index contributed by atoms with van der Waals surface area (Å²) in [4.78, 5) is 0. The molecule has 0 saturated carbocycles. The van der Waals surface area contributed by atoms with E-state index < -0.39 is 21.7 Å². The molecule has 0 radical (unpaired) electrons. The highest BCUT2D eigenvalue weighted by Crippen LogP contribution is 2.43. The van der Waals surface area contributed by atoms with Gasteiger partial charge in [0.05, 0.1) is 18.0 Å². The van der Waals surface area contributed by atoms with Crippen LogP contribution < -0.4 is 14.8 Å². The lowest BCUT2D eigenvalue weighted by Crippen LogP contribution is -2.53. The van der Waals surface area contributed by atoms with E-state index in [0.29, 0.717) is 23.5 Å². The van der Waals surface area contributed by atoms with Crippen LogP contribution in [0, 0.1) is 6.92 Å². The van der Waals surface area contributed by atoms with Gasteiger partial charge in [-0.1, -0.05) is 36.4 Å². The Morgan fingerprint density at radius 1 is 1.14 bits per heavy atom. The van der Waals surface area contributed by atoms with Gasteiger partial charge in [0.1, 0.15) is 17.5 Å². The largest absolute Gasteiger partial charge is 0.484 e. The van der Waals surface area contributed by atoms with Gasteiger partial charge in [0.25, 0.3) is 0 Å². The average molecular weight is 405 g/mol. The number of nitrogens with one attached hydrogen (secondary N) is 2. The number of aliphatic hydroxyl groups is 1. The Morgan fingerprint density at radius 3 is 2.46 bits per heavy atom. The van der Waals surface area contributed by atoms with E-state index >= 15 is 0 Å². The Labute approximate surface area is 167 Å². The minimum absolute atomic E-state index is 0.312. The van der Waals surface area contributed by atoms with Crippen molar-refractivity contribution in [1.82, 2.24) is 5.32 Å². The number of sulfonamides is 1. The molecule has 0 bridgehead atoms. The molecule has 1 aliphatic rings. The summed E-state index contributed by atoms with van der Waals surface area (Å²) >= 11 is 0. The number of rotatable bonds is 6. The summed E-state index contributed by atoms with van der Waals surface area (Å²) in [6.45, 7) is 6.19. The highest BCUT2D eigenvalue weighted by Gasteiger charge is 2.43. The predicted molar refractivity (Wildman–Crippen MR) is 111 cm³/mol. The second kappa shape index (κ2) is 7.73. The molecule has 0 fully saturated rings. The monoisotopic (exact) mass is 404 g/mol. The third-order valence-electron chi connectivity index (χ3n) is 5.08. The van der Waals surface area contributed by atoms with Crippen molar-refractivity contribution >= 4 is 15.7 Å². The quantitative estimate of drug-likeness (QED) is 0.689. The van der Waals surface area contributed by atoms with E-state index in [1.807, 2.05) is 45.0 Å². The zero-order valence-corrected chi connectivity index (χ0v) is 17.5. The average Bonchev–Trinajstić information content (AvgIpc) is 2.61. The fourth-order valence-electron chi connectivity index (χ4n) is 3.54. The molecule has 1 heterocycles. The summed E-state index contributed by atoms with van der Waals surface area (Å²) in [6, 6.07) is 13.4. The fraction of sp³-hybridized carbons (Fsp3) is 0.429. The van der Waals surface area contributed by atoms with Gasteiger partial charge in [-0.3, -0.25) is 4.72 Å². The van der Waals surface area contributed by atoms with E-state index in [9.17, 15) is 13.5 Å². The highest BCUT2D eigenvalue weighted by molar-refractivity contribution is 7.92. The molecule has 0 aliphatic carbocycles. The zero-order chi connectivity index (χ0) is 20.5. The standard InChI is InChI=1S/C21H28N2O4S/c1-14-17(23-28(4,25)26)11-10-16-18(20(24)21(2,3)27-19(14)16)22-13-12-15-8-6-5-7-9-15/h5-11,18,20,22-24H,12-13H2,1-4H3/t18-,20+/m0/s1. The first kappa shape index (κ1) is 20.6. The van der Waals surface area contributed by atoms with Gasteiger partial charge in [-0.05, 0) is 45.4 Å². The van der Waals surface area contributed by atoms with Gasteiger partial charge in [-0.15, -0.1) is 0 Å². The lowest BCUT2D eigenvalue weighted by atomic mass is 9.85. The van der Waals surface area contributed by atoms with Crippen molar-refractivity contribution in [2.75, 3.05) is 17.5 Å². The lowest BCUT2D eigenvalue weighted by molar-refractivity contribution is -0.0647. The van der Waals surface area contributed by atoms with Crippen molar-refractivity contribution in [3.05, 3.63) is 59.2 Å². The van der Waals surface area contributed by atoms with Crippen LogP contribution in [0.25, 0.3) is 0 Å². The van der Waals surface area contributed by atoms with Gasteiger partial charge in [-0.2, -0.15) is 0 Å². The molecule has 7 heteroatoms. The van der Waals surface area contributed by atoms with Crippen LogP contribution in [0.5, 0.6) is 5.75 Å². The molecular formula is C21H28N2O4S. The predicted octanol–water partition coefficient (Wildman–Crippen LogP) is 2.77. The van der Waals surface area contributed by atoms with Crippen molar-refractivity contribution in [1.29, 1.82) is 0 Å². The van der Waals surface area contributed by atoms with Gasteiger partial charge < -0.3 is 15.2 Å². The first-order chi connectivity index (χ1) is 13.1. The minimum Gasteiger partial charge on any atom is -0.484 e. The summed E-state index contributed by atoms with van der Waals surface area (Å²) in [7, 11) is -3.39. The molecule has 0 unspecified atom stereocenters. The molecule has 28 heavy (non-hydrogen) atoms. The normalized spacial score (nSPS) is 20.9. The lowest BCUT2D eigenvalue weighted by Gasteiger charge is -2.43. The molecule has 0 aromatic heterocycles. The first-order valence-electron chi connectivity index (χ1n) is 9.34. The van der Waals surface area contributed by atoms with Crippen LogP contribution in [0.1, 0.15) is 36.6 Å². The van der Waals surface area contributed by atoms with E-state index in [1.54, 1.807) is 6.07 Å². The second-order valence-corrected chi connectivity index (χ2v) is 9.60. The Balaban J connectivity index is 1.88. The number of hydrogen-bond donors (Lipinski definition) is 3. The molecule has 152 valence electrons. The molecule has 0 amide bonds. The minimum atomic E-state index is -3.39. The summed E-state index contributed by atoms with van der Waals surface area (Å²) in [5, 5.41) is 14.3. The maximum Gasteiger partial charge on any atom is 0.229 e. The van der Waals surface area contributed by atoms with E-state index in [0.717, 1.165) is 18.2 Å². The SMILES string of the molecule is Cc1c(NS(C)(=O)=O)ccc2c1OC(C)(C)[C@H](O)[C@H]2NCCc1ccccc1. The second-order valence-electron chi connectivity index (χ2n) is 7.85. The fourth-order valence-corrected chi connectivity index (χ4v) is 4.16. The van der Waals surface area contributed by atoms with Crippen molar-refractivity contribution in [2.45, 2.75) is 44.9 Å². The summed E-state index contributed by atoms with van der Waals surface area (Å²) in [5.74, 6) is 0.612. The molecule has 3 N–H and O–H groups in total. The molecule has 1 aliphatic heterocycles. The van der Waals surface area contributed by atoms with Gasteiger partial charge in [0.15, 0.2) is 0 Å². The molecular weight excluding hydrogens is 376 g/mol. The molecule has 3 rings (SSSR count). The van der Waals surface area contributed by atoms with Crippen LogP contribution in [0.4, 0.5) is 5.69 Å². The Kier molecular flexibility index (Phi) is 5.70. The topological polar surface area (TPSA) is 87.7 Å². The maximum atomic E-state index is 11.6. The third kappa shape index (κ3) is 4.48. The van der Waals surface area contributed by atoms with Crippen molar-refractivity contribution < 1.29 is 18.3 Å². The maximum absolute atomic E-state index is 11.6. The van der Waals surface area contributed by atoms with Crippen LogP contribution in [0.3, 0.4) is 0 Å². The van der Waals surface area contributed by atoms with Crippen molar-refractivity contribution in [3.8, 4) is 5.75 Å². The van der Waals surface area contributed by atoms with Crippen LogP contribution >= 0.6 is 0 Å².